The molecule has 1 unspecified atom stereocenters. The molecule has 0 spiro atoms. The lowest BCUT2D eigenvalue weighted by molar-refractivity contribution is 0.181. The van der Waals surface area contributed by atoms with Crippen LogP contribution in [0.15, 0.2) is 0 Å². The molecule has 0 aromatic rings. The Morgan fingerprint density at radius 3 is 2.12 bits per heavy atom. The molecule has 0 amide bonds. The van der Waals surface area contributed by atoms with E-state index in [1.807, 2.05) is 0 Å². The summed E-state index contributed by atoms with van der Waals surface area (Å²) in [6.45, 7) is 10.6. The summed E-state index contributed by atoms with van der Waals surface area (Å²) in [6.07, 6.45) is 8.02. The van der Waals surface area contributed by atoms with Crippen LogP contribution in [0, 0.1) is 0 Å². The van der Waals surface area contributed by atoms with Crippen molar-refractivity contribution in [3.8, 4) is 0 Å². The van der Waals surface area contributed by atoms with Crippen LogP contribution in [0.25, 0.3) is 0 Å². The third kappa shape index (κ3) is 5.31. The average molecular weight is 226 g/mol. The summed E-state index contributed by atoms with van der Waals surface area (Å²) in [4.78, 5) is 2.69. The first-order valence-corrected chi connectivity index (χ1v) is 7.29. The van der Waals surface area contributed by atoms with Gasteiger partial charge < -0.3 is 5.32 Å². The highest BCUT2D eigenvalue weighted by Crippen LogP contribution is 2.19. The molecule has 0 aromatic carbocycles. The second-order valence-corrected chi connectivity index (χ2v) is 5.16. The van der Waals surface area contributed by atoms with E-state index in [9.17, 15) is 0 Å². The summed E-state index contributed by atoms with van der Waals surface area (Å²) < 4.78 is 0. The summed E-state index contributed by atoms with van der Waals surface area (Å²) >= 11 is 0. The molecule has 0 aromatic heterocycles. The highest BCUT2D eigenvalue weighted by atomic mass is 15.2. The molecule has 16 heavy (non-hydrogen) atoms. The van der Waals surface area contributed by atoms with Crippen LogP contribution in [0.4, 0.5) is 0 Å². The van der Waals surface area contributed by atoms with Gasteiger partial charge in [-0.3, -0.25) is 4.90 Å². The normalized spacial score (nSPS) is 18.0. The highest BCUT2D eigenvalue weighted by Gasteiger charge is 2.23. The van der Waals surface area contributed by atoms with Crippen LogP contribution in [0.5, 0.6) is 0 Å². The lowest BCUT2D eigenvalue weighted by Gasteiger charge is -2.31. The Morgan fingerprint density at radius 1 is 1.06 bits per heavy atom. The van der Waals surface area contributed by atoms with Crippen molar-refractivity contribution >= 4 is 0 Å². The van der Waals surface area contributed by atoms with Crippen molar-refractivity contribution < 1.29 is 0 Å². The van der Waals surface area contributed by atoms with Gasteiger partial charge in [0.1, 0.15) is 0 Å². The van der Waals surface area contributed by atoms with Gasteiger partial charge in [0.05, 0.1) is 0 Å². The first-order valence-electron chi connectivity index (χ1n) is 7.29. The van der Waals surface area contributed by atoms with E-state index in [0.717, 1.165) is 12.1 Å². The molecular weight excluding hydrogens is 196 g/mol. The number of hydrogen-bond acceptors (Lipinski definition) is 2. The van der Waals surface area contributed by atoms with E-state index in [2.05, 4.69) is 31.0 Å². The first kappa shape index (κ1) is 14.0. The van der Waals surface area contributed by atoms with Crippen LogP contribution in [-0.2, 0) is 0 Å². The molecule has 0 heterocycles. The summed E-state index contributed by atoms with van der Waals surface area (Å²) in [6, 6.07) is 1.62. The smallest absolute Gasteiger partial charge is 0.0220 e. The van der Waals surface area contributed by atoms with E-state index in [-0.39, 0.29) is 0 Å². The van der Waals surface area contributed by atoms with Gasteiger partial charge in [0, 0.05) is 18.6 Å². The molecule has 2 nitrogen and oxygen atoms in total. The molecule has 1 aliphatic rings. The Balaban J connectivity index is 2.34. The number of nitrogens with zero attached hydrogens (tertiary/aromatic N) is 1. The Hall–Kier alpha value is -0.0800. The Kier molecular flexibility index (Phi) is 7.06. The maximum Gasteiger partial charge on any atom is 0.0220 e. The molecule has 1 fully saturated rings. The molecule has 2 heteroatoms. The Bertz CT molecular complexity index is 160. The predicted molar refractivity (Wildman–Crippen MR) is 71.9 cm³/mol. The van der Waals surface area contributed by atoms with Gasteiger partial charge in [0.2, 0.25) is 0 Å². The van der Waals surface area contributed by atoms with Gasteiger partial charge >= 0.3 is 0 Å². The molecule has 1 saturated carbocycles. The molecule has 0 saturated heterocycles. The van der Waals surface area contributed by atoms with E-state index in [1.165, 1.54) is 58.2 Å². The fraction of sp³-hybridized carbons (Fsp3) is 1.00. The number of hydrogen-bond donors (Lipinski definition) is 1. The molecule has 1 rings (SSSR count). The predicted octanol–water partition coefficient (Wildman–Crippen LogP) is 3.03. The fourth-order valence-corrected chi connectivity index (χ4v) is 2.39. The quantitative estimate of drug-likeness (QED) is 0.616. The Labute approximate surface area is 102 Å². The van der Waals surface area contributed by atoms with E-state index in [1.54, 1.807) is 0 Å². The van der Waals surface area contributed by atoms with Gasteiger partial charge in [-0.15, -0.1) is 0 Å². The van der Waals surface area contributed by atoms with Crippen molar-refractivity contribution in [3.63, 3.8) is 0 Å². The van der Waals surface area contributed by atoms with Crippen molar-refractivity contribution in [2.75, 3.05) is 19.6 Å². The lowest BCUT2D eigenvalue weighted by atomic mass is 10.1. The summed E-state index contributed by atoms with van der Waals surface area (Å²) in [5.41, 5.74) is 0. The topological polar surface area (TPSA) is 15.3 Å². The highest BCUT2D eigenvalue weighted by molar-refractivity contribution is 4.84. The molecule has 0 aliphatic heterocycles. The second-order valence-electron chi connectivity index (χ2n) is 5.16. The molecule has 0 radical (unpaired) electrons. The SMILES string of the molecule is CCCC(CNC1CC1)N(CCC)CCC. The van der Waals surface area contributed by atoms with Crippen LogP contribution >= 0.6 is 0 Å². The van der Waals surface area contributed by atoms with Crippen molar-refractivity contribution in [3.05, 3.63) is 0 Å². The molecule has 96 valence electrons. The Morgan fingerprint density at radius 2 is 1.69 bits per heavy atom. The first-order chi connectivity index (χ1) is 7.81. The minimum atomic E-state index is 0.769. The van der Waals surface area contributed by atoms with Gasteiger partial charge in [-0.05, 0) is 45.2 Å². The van der Waals surface area contributed by atoms with Gasteiger partial charge in [-0.25, -0.2) is 0 Å². The molecule has 1 atom stereocenters. The van der Waals surface area contributed by atoms with Crippen LogP contribution in [0.1, 0.15) is 59.3 Å². The summed E-state index contributed by atoms with van der Waals surface area (Å²) in [5.74, 6) is 0. The minimum Gasteiger partial charge on any atom is -0.312 e. The van der Waals surface area contributed by atoms with Gasteiger partial charge in [0.15, 0.2) is 0 Å². The number of nitrogens with one attached hydrogen (secondary N) is 1. The van der Waals surface area contributed by atoms with Crippen LogP contribution in [0.3, 0.4) is 0 Å². The minimum absolute atomic E-state index is 0.769. The standard InChI is InChI=1S/C14H30N2/c1-4-7-14(12-15-13-8-9-13)16(10-5-2)11-6-3/h13-15H,4-12H2,1-3H3. The van der Waals surface area contributed by atoms with Crippen LogP contribution in [0.2, 0.25) is 0 Å². The van der Waals surface area contributed by atoms with Crippen LogP contribution < -0.4 is 5.32 Å². The second kappa shape index (κ2) is 8.08. The summed E-state index contributed by atoms with van der Waals surface area (Å²) in [7, 11) is 0. The largest absolute Gasteiger partial charge is 0.312 e. The maximum absolute atomic E-state index is 3.70. The maximum atomic E-state index is 3.70. The zero-order valence-electron chi connectivity index (χ0n) is 11.5. The third-order valence-corrected chi connectivity index (χ3v) is 3.38. The monoisotopic (exact) mass is 226 g/mol. The molecule has 1 N–H and O–H groups in total. The van der Waals surface area contributed by atoms with Crippen molar-refractivity contribution in [2.45, 2.75) is 71.4 Å². The van der Waals surface area contributed by atoms with Crippen molar-refractivity contribution in [2.24, 2.45) is 0 Å². The van der Waals surface area contributed by atoms with Crippen molar-refractivity contribution in [1.29, 1.82) is 0 Å². The van der Waals surface area contributed by atoms with E-state index < -0.39 is 0 Å². The van der Waals surface area contributed by atoms with E-state index in [0.29, 0.717) is 0 Å². The molecular formula is C14H30N2. The fourth-order valence-electron chi connectivity index (χ4n) is 2.39. The zero-order chi connectivity index (χ0) is 11.8. The molecule has 0 bridgehead atoms. The van der Waals surface area contributed by atoms with Gasteiger partial charge in [0.25, 0.3) is 0 Å². The van der Waals surface area contributed by atoms with Gasteiger partial charge in [-0.1, -0.05) is 27.2 Å². The lowest BCUT2D eigenvalue weighted by Crippen LogP contribution is -2.43. The van der Waals surface area contributed by atoms with E-state index in [4.69, 9.17) is 0 Å². The third-order valence-electron chi connectivity index (χ3n) is 3.38. The zero-order valence-corrected chi connectivity index (χ0v) is 11.5. The summed E-state index contributed by atoms with van der Waals surface area (Å²) in [5, 5.41) is 3.70. The van der Waals surface area contributed by atoms with Gasteiger partial charge in [-0.2, -0.15) is 0 Å². The van der Waals surface area contributed by atoms with Crippen LogP contribution in [-0.4, -0.2) is 36.6 Å². The van der Waals surface area contributed by atoms with E-state index >= 15 is 0 Å². The average Bonchev–Trinajstić information content (AvgIpc) is 3.08. The molecule has 1 aliphatic carbocycles. The van der Waals surface area contributed by atoms with Crippen molar-refractivity contribution in [1.82, 2.24) is 10.2 Å². The number of rotatable bonds is 10.